The van der Waals surface area contributed by atoms with Gasteiger partial charge in [-0.3, -0.25) is 4.90 Å². The van der Waals surface area contributed by atoms with Crippen molar-refractivity contribution < 1.29 is 13.5 Å². The molecule has 4 heterocycles. The normalized spacial score (nSPS) is 22.1. The smallest absolute Gasteiger partial charge is 0.318 e. The van der Waals surface area contributed by atoms with Crippen LogP contribution < -0.4 is 15.0 Å². The molecule has 0 radical (unpaired) electrons. The molecule has 30 heavy (non-hydrogen) atoms. The van der Waals surface area contributed by atoms with Crippen LogP contribution in [0, 0.1) is 5.82 Å². The van der Waals surface area contributed by atoms with Gasteiger partial charge in [0.25, 0.3) is 0 Å². The molecule has 2 unspecified atom stereocenters. The predicted octanol–water partition coefficient (Wildman–Crippen LogP) is 3.06. The molecule has 0 amide bonds. The number of likely N-dealkylation sites (tertiary alicyclic amines) is 1. The van der Waals surface area contributed by atoms with Crippen LogP contribution in [0.25, 0.3) is 10.9 Å². The van der Waals surface area contributed by atoms with E-state index >= 15 is 0 Å². The van der Waals surface area contributed by atoms with Gasteiger partial charge in [-0.1, -0.05) is 25.4 Å². The van der Waals surface area contributed by atoms with E-state index in [1.165, 1.54) is 13.3 Å². The van der Waals surface area contributed by atoms with Gasteiger partial charge in [0.05, 0.1) is 12.5 Å². The molecular weight excluding hydrogens is 414 g/mol. The van der Waals surface area contributed by atoms with Gasteiger partial charge in [0.15, 0.2) is 11.0 Å². The zero-order chi connectivity index (χ0) is 21.7. The Morgan fingerprint density at radius 2 is 2.00 bits per heavy atom. The predicted molar refractivity (Wildman–Crippen MR) is 115 cm³/mol. The molecule has 7 nitrogen and oxygen atoms in total. The summed E-state index contributed by atoms with van der Waals surface area (Å²) < 4.78 is 31.9. The van der Waals surface area contributed by atoms with Crippen molar-refractivity contribution >= 4 is 28.3 Å². The molecule has 0 spiro atoms. The van der Waals surface area contributed by atoms with Crippen molar-refractivity contribution in [3.05, 3.63) is 17.2 Å². The van der Waals surface area contributed by atoms with Gasteiger partial charge >= 0.3 is 6.01 Å². The highest BCUT2D eigenvalue weighted by Gasteiger charge is 2.29. The van der Waals surface area contributed by atoms with Gasteiger partial charge in [-0.2, -0.15) is 9.97 Å². The molecule has 0 aliphatic carbocycles. The first-order valence-electron chi connectivity index (χ1n) is 10.4. The largest absolute Gasteiger partial charge is 0.467 e. The third-order valence-electron chi connectivity index (χ3n) is 5.55. The molecule has 2 aliphatic rings. The Balaban J connectivity index is 0.000000216. The number of ether oxygens (including phenoxy) is 1. The van der Waals surface area contributed by atoms with Gasteiger partial charge < -0.3 is 15.0 Å². The topological polar surface area (TPSA) is 66.4 Å². The Morgan fingerprint density at radius 1 is 1.27 bits per heavy atom. The van der Waals surface area contributed by atoms with E-state index in [9.17, 15) is 8.78 Å². The van der Waals surface area contributed by atoms with Crippen LogP contribution in [0.2, 0.25) is 5.15 Å². The molecule has 2 aromatic rings. The second-order valence-electron chi connectivity index (χ2n) is 7.38. The van der Waals surface area contributed by atoms with Crippen LogP contribution in [0.1, 0.15) is 26.7 Å². The maximum absolute atomic E-state index is 14.1. The molecule has 4 rings (SSSR count). The fourth-order valence-corrected chi connectivity index (χ4v) is 4.08. The van der Waals surface area contributed by atoms with E-state index in [0.717, 1.165) is 45.6 Å². The highest BCUT2D eigenvalue weighted by molar-refractivity contribution is 6.30. The number of anilines is 1. The number of nitrogens with one attached hydrogen (secondary N) is 1. The summed E-state index contributed by atoms with van der Waals surface area (Å²) >= 11 is 5.71. The molecule has 10 heteroatoms. The minimum Gasteiger partial charge on any atom is -0.467 e. The van der Waals surface area contributed by atoms with Gasteiger partial charge in [0.1, 0.15) is 17.5 Å². The lowest BCUT2D eigenvalue weighted by molar-refractivity contribution is 0.251. The minimum absolute atomic E-state index is 0.118. The number of methoxy groups -OCH3 is 1. The van der Waals surface area contributed by atoms with E-state index in [0.29, 0.717) is 23.8 Å². The third-order valence-corrected chi connectivity index (χ3v) is 5.82. The molecule has 2 fully saturated rings. The molecule has 2 atom stereocenters. The molecule has 0 bridgehead atoms. The van der Waals surface area contributed by atoms with Crippen LogP contribution in [-0.2, 0) is 0 Å². The van der Waals surface area contributed by atoms with Gasteiger partial charge in [-0.05, 0) is 19.4 Å². The lowest BCUT2D eigenvalue weighted by Gasteiger charge is -2.29. The number of alkyl halides is 1. The second kappa shape index (κ2) is 10.5. The SMILES string of the molecule is CCC1CC(F)CN1CC.COc1nc(N2CCNCC2)c2cnc(Cl)c(F)c2n1. The zero-order valence-corrected chi connectivity index (χ0v) is 18.4. The van der Waals surface area contributed by atoms with Crippen molar-refractivity contribution in [2.24, 2.45) is 0 Å². The summed E-state index contributed by atoms with van der Waals surface area (Å²) in [5.74, 6) is -0.0299. The van der Waals surface area contributed by atoms with Gasteiger partial charge in [-0.15, -0.1) is 0 Å². The summed E-state index contributed by atoms with van der Waals surface area (Å²) in [5, 5.41) is 3.59. The summed E-state index contributed by atoms with van der Waals surface area (Å²) in [5.41, 5.74) is 0.130. The first-order chi connectivity index (χ1) is 14.5. The van der Waals surface area contributed by atoms with E-state index < -0.39 is 12.0 Å². The monoisotopic (exact) mass is 442 g/mol. The zero-order valence-electron chi connectivity index (χ0n) is 17.7. The highest BCUT2D eigenvalue weighted by atomic mass is 35.5. The molecular formula is C20H29ClF2N6O. The Labute approximate surface area is 180 Å². The first-order valence-corrected chi connectivity index (χ1v) is 10.8. The maximum atomic E-state index is 14.1. The second-order valence-corrected chi connectivity index (χ2v) is 7.74. The van der Waals surface area contributed by atoms with Gasteiger partial charge in [-0.25, -0.2) is 13.8 Å². The minimum atomic E-state index is -0.652. The summed E-state index contributed by atoms with van der Waals surface area (Å²) in [7, 11) is 1.45. The lowest BCUT2D eigenvalue weighted by atomic mass is 10.1. The molecule has 2 aromatic heterocycles. The number of pyridine rings is 1. The summed E-state index contributed by atoms with van der Waals surface area (Å²) in [4.78, 5) is 16.5. The van der Waals surface area contributed by atoms with Crippen molar-refractivity contribution in [3.8, 4) is 6.01 Å². The van der Waals surface area contributed by atoms with Crippen molar-refractivity contribution in [1.29, 1.82) is 0 Å². The van der Waals surface area contributed by atoms with E-state index in [-0.39, 0.29) is 16.7 Å². The number of piperazine rings is 1. The standard InChI is InChI=1S/C12H13ClFN5O.C8H16FN/c1-20-12-17-9-7(6-16-10(13)8(9)14)11(18-12)19-4-2-15-3-5-19;1-3-8-5-7(9)6-10(8)4-2/h6,15H,2-5H2,1H3;7-8H,3-6H2,1-2H3. The van der Waals surface area contributed by atoms with Crippen molar-refractivity contribution in [2.45, 2.75) is 38.9 Å². The third kappa shape index (κ3) is 5.07. The maximum Gasteiger partial charge on any atom is 0.318 e. The number of fused-ring (bicyclic) bond motifs is 1. The molecule has 2 aliphatic heterocycles. The van der Waals surface area contributed by atoms with E-state index in [1.807, 2.05) is 0 Å². The highest BCUT2D eigenvalue weighted by Crippen LogP contribution is 2.29. The van der Waals surface area contributed by atoms with Gasteiger partial charge in [0, 0.05) is 45.0 Å². The van der Waals surface area contributed by atoms with Crippen molar-refractivity contribution in [3.63, 3.8) is 0 Å². The summed E-state index contributed by atoms with van der Waals surface area (Å²) in [6, 6.07) is 0.632. The molecule has 0 saturated carbocycles. The van der Waals surface area contributed by atoms with Gasteiger partial charge in [0.2, 0.25) is 0 Å². The summed E-state index contributed by atoms with van der Waals surface area (Å²) in [6.07, 6.45) is 2.78. The number of rotatable bonds is 4. The van der Waals surface area contributed by atoms with Crippen molar-refractivity contribution in [2.75, 3.05) is 51.3 Å². The number of hydrogen-bond donors (Lipinski definition) is 1. The van der Waals surface area contributed by atoms with Crippen LogP contribution in [0.15, 0.2) is 6.20 Å². The fraction of sp³-hybridized carbons (Fsp3) is 0.650. The first kappa shape index (κ1) is 22.8. The molecule has 0 aromatic carbocycles. The van der Waals surface area contributed by atoms with E-state index in [2.05, 4.69) is 43.9 Å². The number of nitrogens with zero attached hydrogens (tertiary/aromatic N) is 5. The Hall–Kier alpha value is -1.84. The number of halogens is 3. The number of hydrogen-bond acceptors (Lipinski definition) is 7. The van der Waals surface area contributed by atoms with Crippen LogP contribution in [0.5, 0.6) is 6.01 Å². The Bertz CT molecular complexity index is 840. The van der Waals surface area contributed by atoms with Crippen LogP contribution in [-0.4, -0.2) is 78.4 Å². The number of aromatic nitrogens is 3. The van der Waals surface area contributed by atoms with Crippen LogP contribution in [0.4, 0.5) is 14.6 Å². The lowest BCUT2D eigenvalue weighted by Crippen LogP contribution is -2.44. The van der Waals surface area contributed by atoms with E-state index in [4.69, 9.17) is 16.3 Å². The average molecular weight is 443 g/mol. The quantitative estimate of drug-likeness (QED) is 0.730. The molecule has 166 valence electrons. The Kier molecular flexibility index (Phi) is 7.96. The molecule has 1 N–H and O–H groups in total. The van der Waals surface area contributed by atoms with Crippen LogP contribution in [0.3, 0.4) is 0 Å². The average Bonchev–Trinajstić information content (AvgIpc) is 3.16. The van der Waals surface area contributed by atoms with E-state index in [1.54, 1.807) is 0 Å². The Morgan fingerprint density at radius 3 is 2.60 bits per heavy atom. The van der Waals surface area contributed by atoms with Crippen molar-refractivity contribution in [1.82, 2.24) is 25.2 Å². The summed E-state index contributed by atoms with van der Waals surface area (Å²) in [6.45, 7) is 9.13. The molecule has 2 saturated heterocycles. The van der Waals surface area contributed by atoms with Crippen LogP contribution >= 0.6 is 11.6 Å². The fourth-order valence-electron chi connectivity index (χ4n) is 3.94.